The van der Waals surface area contributed by atoms with Crippen molar-refractivity contribution in [1.29, 1.82) is 0 Å². The second-order valence-electron chi connectivity index (χ2n) is 6.99. The summed E-state index contributed by atoms with van der Waals surface area (Å²) in [7, 11) is 0. The van der Waals surface area contributed by atoms with Crippen molar-refractivity contribution in [3.8, 4) is 0 Å². The lowest BCUT2D eigenvalue weighted by Gasteiger charge is -2.54. The van der Waals surface area contributed by atoms with E-state index < -0.39 is 5.54 Å². The molecule has 3 aromatic carbocycles. The van der Waals surface area contributed by atoms with Crippen LogP contribution in [0.25, 0.3) is 0 Å². The Morgan fingerprint density at radius 1 is 0.929 bits per heavy atom. The normalized spacial score (nSPS) is 21.1. The summed E-state index contributed by atoms with van der Waals surface area (Å²) in [5.41, 5.74) is 1.16. The first-order valence-electron chi connectivity index (χ1n) is 9.02. The topological polar surface area (TPSA) is 49.4 Å². The van der Waals surface area contributed by atoms with Gasteiger partial charge in [0.25, 0.3) is 11.8 Å². The summed E-state index contributed by atoms with van der Waals surface area (Å²) in [5.74, 6) is -0.425. The molecule has 1 saturated heterocycles. The fourth-order valence-corrected chi connectivity index (χ4v) is 3.80. The number of β-lactam (4-membered cyclic amide) rings is 1. The molecule has 0 aliphatic carbocycles. The molecule has 1 aliphatic heterocycles. The van der Waals surface area contributed by atoms with Crippen LogP contribution in [0.3, 0.4) is 0 Å². The van der Waals surface area contributed by atoms with Gasteiger partial charge in [-0.3, -0.25) is 14.5 Å². The highest BCUT2D eigenvalue weighted by Crippen LogP contribution is 2.46. The molecule has 0 aromatic heterocycles. The smallest absolute Gasteiger partial charge is 0.255 e. The number of benzene rings is 3. The average molecular weight is 391 g/mol. The molecule has 5 heteroatoms. The first-order valence-corrected chi connectivity index (χ1v) is 9.40. The molecule has 0 bridgehead atoms. The zero-order valence-corrected chi connectivity index (χ0v) is 16.1. The number of amides is 2. The van der Waals surface area contributed by atoms with Crippen molar-refractivity contribution in [3.63, 3.8) is 0 Å². The highest BCUT2D eigenvalue weighted by Gasteiger charge is 2.59. The number of hydrogen-bond acceptors (Lipinski definition) is 2. The third-order valence-corrected chi connectivity index (χ3v) is 5.35. The van der Waals surface area contributed by atoms with Gasteiger partial charge in [0.2, 0.25) is 0 Å². The third-order valence-electron chi connectivity index (χ3n) is 5.10. The Balaban J connectivity index is 1.71. The molecule has 1 N–H and O–H groups in total. The van der Waals surface area contributed by atoms with Gasteiger partial charge in [-0.1, -0.05) is 60.1 Å². The van der Waals surface area contributed by atoms with Crippen LogP contribution >= 0.6 is 11.6 Å². The van der Waals surface area contributed by atoms with Gasteiger partial charge < -0.3 is 5.32 Å². The fraction of sp³-hybridized carbons (Fsp3) is 0.130. The number of nitrogens with zero attached hydrogens (tertiary/aromatic N) is 1. The van der Waals surface area contributed by atoms with Crippen molar-refractivity contribution in [2.75, 3.05) is 4.90 Å². The molecule has 0 radical (unpaired) electrons. The van der Waals surface area contributed by atoms with E-state index in [0.717, 1.165) is 11.3 Å². The SMILES string of the molecule is C[C@]1(NC(=O)c2ccccc2)C(=O)N(c2ccccc2)[C@@H]1c1ccc(Cl)cc1. The first kappa shape index (κ1) is 18.3. The Labute approximate surface area is 168 Å². The van der Waals surface area contributed by atoms with Crippen LogP contribution in [0.4, 0.5) is 5.69 Å². The Morgan fingerprint density at radius 3 is 2.11 bits per heavy atom. The summed E-state index contributed by atoms with van der Waals surface area (Å²) in [6.07, 6.45) is 0. The average Bonchev–Trinajstić information content (AvgIpc) is 2.73. The number of rotatable bonds is 4. The molecule has 4 rings (SSSR count). The van der Waals surface area contributed by atoms with E-state index in [1.54, 1.807) is 48.2 Å². The van der Waals surface area contributed by atoms with Gasteiger partial charge >= 0.3 is 0 Å². The van der Waals surface area contributed by atoms with Gasteiger partial charge in [0.05, 0.1) is 6.04 Å². The fourth-order valence-electron chi connectivity index (χ4n) is 3.68. The third kappa shape index (κ3) is 3.06. The lowest BCUT2D eigenvalue weighted by molar-refractivity contribution is -0.133. The molecule has 0 unspecified atom stereocenters. The number of halogens is 1. The molecule has 140 valence electrons. The summed E-state index contributed by atoms with van der Waals surface area (Å²) < 4.78 is 0. The van der Waals surface area contributed by atoms with Crippen molar-refractivity contribution in [3.05, 3.63) is 101 Å². The molecule has 0 spiro atoms. The lowest BCUT2D eigenvalue weighted by Crippen LogP contribution is -2.74. The van der Waals surface area contributed by atoms with Gasteiger partial charge in [-0.25, -0.2) is 0 Å². The second kappa shape index (κ2) is 7.13. The summed E-state index contributed by atoms with van der Waals surface area (Å²) in [5, 5.41) is 3.58. The zero-order valence-electron chi connectivity index (χ0n) is 15.3. The Bertz CT molecular complexity index is 1010. The maximum atomic E-state index is 13.2. The standard InChI is InChI=1S/C23H19ClN2O2/c1-23(25-21(27)17-8-4-2-5-9-17)20(16-12-14-18(24)15-13-16)26(22(23)28)19-10-6-3-7-11-19/h2-15,20H,1H3,(H,25,27)/t20-,23-/m1/s1. The maximum absolute atomic E-state index is 13.2. The minimum absolute atomic E-state index is 0.150. The van der Waals surface area contributed by atoms with E-state index >= 15 is 0 Å². The van der Waals surface area contributed by atoms with Crippen LogP contribution in [-0.4, -0.2) is 17.4 Å². The summed E-state index contributed by atoms with van der Waals surface area (Å²) in [6.45, 7) is 1.77. The number of anilines is 1. The van der Waals surface area contributed by atoms with Crippen molar-refractivity contribution < 1.29 is 9.59 Å². The van der Waals surface area contributed by atoms with Crippen molar-refractivity contribution >= 4 is 29.1 Å². The van der Waals surface area contributed by atoms with Crippen molar-refractivity contribution in [1.82, 2.24) is 5.32 Å². The number of nitrogens with one attached hydrogen (secondary N) is 1. The van der Waals surface area contributed by atoms with E-state index in [1.165, 1.54) is 0 Å². The minimum atomic E-state index is -1.06. The largest absolute Gasteiger partial charge is 0.336 e. The first-order chi connectivity index (χ1) is 13.5. The quantitative estimate of drug-likeness (QED) is 0.661. The van der Waals surface area contributed by atoms with E-state index in [0.29, 0.717) is 10.6 Å². The van der Waals surface area contributed by atoms with Gasteiger partial charge in [0.1, 0.15) is 5.54 Å². The summed E-state index contributed by atoms with van der Waals surface area (Å²) in [6, 6.07) is 25.4. The molecule has 1 aliphatic rings. The van der Waals surface area contributed by atoms with Gasteiger partial charge in [0, 0.05) is 16.3 Å². The van der Waals surface area contributed by atoms with Crippen LogP contribution in [-0.2, 0) is 4.79 Å². The number of carbonyl (C=O) groups is 2. The van der Waals surface area contributed by atoms with Gasteiger partial charge in [0.15, 0.2) is 0 Å². The van der Waals surface area contributed by atoms with Crippen LogP contribution in [0.5, 0.6) is 0 Å². The van der Waals surface area contributed by atoms with Gasteiger partial charge in [-0.15, -0.1) is 0 Å². The van der Waals surface area contributed by atoms with E-state index in [1.807, 2.05) is 48.5 Å². The van der Waals surface area contributed by atoms with E-state index in [-0.39, 0.29) is 17.9 Å². The molecule has 2 amide bonds. The number of carbonyl (C=O) groups excluding carboxylic acids is 2. The maximum Gasteiger partial charge on any atom is 0.255 e. The Hall–Kier alpha value is -3.11. The van der Waals surface area contributed by atoms with Gasteiger partial charge in [-0.2, -0.15) is 0 Å². The summed E-state index contributed by atoms with van der Waals surface area (Å²) in [4.78, 5) is 27.7. The Kier molecular flexibility index (Phi) is 4.65. The highest BCUT2D eigenvalue weighted by molar-refractivity contribution is 6.30. The number of para-hydroxylation sites is 1. The summed E-state index contributed by atoms with van der Waals surface area (Å²) >= 11 is 6.04. The predicted octanol–water partition coefficient (Wildman–Crippen LogP) is 4.62. The predicted molar refractivity (Wildman–Crippen MR) is 110 cm³/mol. The molecule has 3 aromatic rings. The van der Waals surface area contributed by atoms with Gasteiger partial charge in [-0.05, 0) is 48.9 Å². The molecule has 4 nitrogen and oxygen atoms in total. The molecular weight excluding hydrogens is 372 g/mol. The van der Waals surface area contributed by atoms with Crippen molar-refractivity contribution in [2.24, 2.45) is 0 Å². The monoisotopic (exact) mass is 390 g/mol. The van der Waals surface area contributed by atoms with E-state index in [9.17, 15) is 9.59 Å². The minimum Gasteiger partial charge on any atom is -0.336 e. The molecular formula is C23H19ClN2O2. The zero-order chi connectivity index (χ0) is 19.7. The molecule has 2 atom stereocenters. The van der Waals surface area contributed by atoms with Crippen LogP contribution in [0.1, 0.15) is 28.9 Å². The van der Waals surface area contributed by atoms with Crippen LogP contribution in [0.2, 0.25) is 5.02 Å². The Morgan fingerprint density at radius 2 is 1.50 bits per heavy atom. The van der Waals surface area contributed by atoms with E-state index in [4.69, 9.17) is 11.6 Å². The molecule has 28 heavy (non-hydrogen) atoms. The molecule has 0 saturated carbocycles. The van der Waals surface area contributed by atoms with Crippen LogP contribution in [0.15, 0.2) is 84.9 Å². The van der Waals surface area contributed by atoms with Crippen molar-refractivity contribution in [2.45, 2.75) is 18.5 Å². The highest BCUT2D eigenvalue weighted by atomic mass is 35.5. The lowest BCUT2D eigenvalue weighted by atomic mass is 9.75. The number of hydrogen-bond donors (Lipinski definition) is 1. The molecule has 1 heterocycles. The molecule has 1 fully saturated rings. The van der Waals surface area contributed by atoms with Crippen LogP contribution in [0, 0.1) is 0 Å². The van der Waals surface area contributed by atoms with E-state index in [2.05, 4.69) is 5.32 Å². The van der Waals surface area contributed by atoms with Crippen LogP contribution < -0.4 is 10.2 Å². The second-order valence-corrected chi connectivity index (χ2v) is 7.42.